The fourth-order valence-corrected chi connectivity index (χ4v) is 2.21. The molecule has 2 N–H and O–H groups in total. The smallest absolute Gasteiger partial charge is 0.328 e. The SMILES string of the molecule is CC(CN)n1c(=O)c2c(ncn2C)n(C(C)C)c1=O. The Morgan fingerprint density at radius 1 is 1.26 bits per heavy atom. The lowest BCUT2D eigenvalue weighted by molar-refractivity contribution is 0.468. The molecule has 2 heterocycles. The van der Waals surface area contributed by atoms with Gasteiger partial charge in [-0.05, 0) is 20.8 Å². The van der Waals surface area contributed by atoms with Gasteiger partial charge in [-0.3, -0.25) is 13.9 Å². The molecule has 0 aliphatic heterocycles. The van der Waals surface area contributed by atoms with E-state index in [2.05, 4.69) is 4.98 Å². The van der Waals surface area contributed by atoms with E-state index < -0.39 is 0 Å². The molecule has 0 bridgehead atoms. The van der Waals surface area contributed by atoms with Crippen LogP contribution >= 0.6 is 0 Å². The molecule has 0 radical (unpaired) electrons. The van der Waals surface area contributed by atoms with E-state index in [0.717, 1.165) is 0 Å². The van der Waals surface area contributed by atoms with E-state index in [9.17, 15) is 9.59 Å². The minimum absolute atomic E-state index is 0.0817. The fraction of sp³-hybridized carbons (Fsp3) is 0.583. The van der Waals surface area contributed by atoms with Crippen molar-refractivity contribution < 1.29 is 0 Å². The number of imidazole rings is 1. The summed E-state index contributed by atoms with van der Waals surface area (Å²) in [4.78, 5) is 29.1. The van der Waals surface area contributed by atoms with Crippen molar-refractivity contribution in [3.8, 4) is 0 Å². The lowest BCUT2D eigenvalue weighted by Gasteiger charge is -2.17. The van der Waals surface area contributed by atoms with Crippen molar-refractivity contribution in [3.05, 3.63) is 27.2 Å². The van der Waals surface area contributed by atoms with E-state index in [1.54, 1.807) is 24.9 Å². The first-order chi connectivity index (χ1) is 8.90. The molecule has 7 nitrogen and oxygen atoms in total. The van der Waals surface area contributed by atoms with Gasteiger partial charge in [0.2, 0.25) is 0 Å². The molecular formula is C12H19N5O2. The van der Waals surface area contributed by atoms with Crippen molar-refractivity contribution in [3.63, 3.8) is 0 Å². The highest BCUT2D eigenvalue weighted by Crippen LogP contribution is 2.11. The van der Waals surface area contributed by atoms with Crippen LogP contribution in [-0.4, -0.2) is 25.2 Å². The minimum Gasteiger partial charge on any atom is -0.328 e. The summed E-state index contributed by atoms with van der Waals surface area (Å²) < 4.78 is 4.38. The first-order valence-electron chi connectivity index (χ1n) is 6.28. The molecule has 19 heavy (non-hydrogen) atoms. The molecule has 0 saturated carbocycles. The van der Waals surface area contributed by atoms with Gasteiger partial charge in [0.15, 0.2) is 11.2 Å². The Bertz CT molecular complexity index is 722. The Morgan fingerprint density at radius 2 is 1.89 bits per heavy atom. The van der Waals surface area contributed by atoms with Crippen molar-refractivity contribution in [2.24, 2.45) is 12.8 Å². The third-order valence-electron chi connectivity index (χ3n) is 3.28. The summed E-state index contributed by atoms with van der Waals surface area (Å²) in [5.74, 6) is 0. The van der Waals surface area contributed by atoms with E-state index >= 15 is 0 Å². The zero-order chi connectivity index (χ0) is 14.3. The second kappa shape index (κ2) is 4.65. The number of aromatic nitrogens is 4. The van der Waals surface area contributed by atoms with E-state index in [1.807, 2.05) is 13.8 Å². The van der Waals surface area contributed by atoms with Gasteiger partial charge in [0.1, 0.15) is 0 Å². The Kier molecular flexibility index (Phi) is 3.32. The zero-order valence-electron chi connectivity index (χ0n) is 11.6. The molecule has 0 aliphatic carbocycles. The van der Waals surface area contributed by atoms with Gasteiger partial charge in [-0.15, -0.1) is 0 Å². The molecular weight excluding hydrogens is 246 g/mol. The summed E-state index contributed by atoms with van der Waals surface area (Å²) in [5, 5.41) is 0. The third kappa shape index (κ3) is 1.90. The molecule has 2 aromatic rings. The maximum Gasteiger partial charge on any atom is 0.333 e. The van der Waals surface area contributed by atoms with Gasteiger partial charge in [-0.1, -0.05) is 0 Å². The molecule has 2 rings (SSSR count). The number of hydrogen-bond acceptors (Lipinski definition) is 4. The molecule has 0 spiro atoms. The highest BCUT2D eigenvalue weighted by Gasteiger charge is 2.20. The Hall–Kier alpha value is -1.89. The van der Waals surface area contributed by atoms with Gasteiger partial charge in [-0.25, -0.2) is 9.78 Å². The van der Waals surface area contributed by atoms with Crippen LogP contribution in [0.5, 0.6) is 0 Å². The van der Waals surface area contributed by atoms with Gasteiger partial charge in [0.05, 0.1) is 12.4 Å². The molecule has 2 aromatic heterocycles. The Morgan fingerprint density at radius 3 is 2.42 bits per heavy atom. The number of rotatable bonds is 3. The van der Waals surface area contributed by atoms with Crippen molar-refractivity contribution in [2.75, 3.05) is 6.54 Å². The monoisotopic (exact) mass is 265 g/mol. The number of nitrogens with zero attached hydrogens (tertiary/aromatic N) is 4. The molecule has 1 atom stereocenters. The average molecular weight is 265 g/mol. The lowest BCUT2D eigenvalue weighted by Crippen LogP contribution is -2.44. The van der Waals surface area contributed by atoms with Crippen LogP contribution in [0.15, 0.2) is 15.9 Å². The second-order valence-corrected chi connectivity index (χ2v) is 5.03. The lowest BCUT2D eigenvalue weighted by atomic mass is 10.3. The molecule has 0 amide bonds. The Labute approximate surface area is 110 Å². The van der Waals surface area contributed by atoms with Crippen LogP contribution in [0.3, 0.4) is 0 Å². The third-order valence-corrected chi connectivity index (χ3v) is 3.28. The average Bonchev–Trinajstić information content (AvgIpc) is 2.70. The summed E-state index contributed by atoms with van der Waals surface area (Å²) in [6, 6.07) is -0.425. The van der Waals surface area contributed by atoms with Crippen molar-refractivity contribution in [1.82, 2.24) is 18.7 Å². The minimum atomic E-state index is -0.357. The quantitative estimate of drug-likeness (QED) is 0.846. The van der Waals surface area contributed by atoms with Crippen LogP contribution in [0.4, 0.5) is 0 Å². The maximum atomic E-state index is 12.5. The number of aryl methyl sites for hydroxylation is 1. The van der Waals surface area contributed by atoms with E-state index in [0.29, 0.717) is 11.2 Å². The van der Waals surface area contributed by atoms with Crippen LogP contribution in [0.25, 0.3) is 11.2 Å². The zero-order valence-corrected chi connectivity index (χ0v) is 11.6. The molecule has 0 saturated heterocycles. The highest BCUT2D eigenvalue weighted by atomic mass is 16.2. The molecule has 104 valence electrons. The molecule has 0 fully saturated rings. The molecule has 0 aromatic carbocycles. The summed E-state index contributed by atoms with van der Waals surface area (Å²) in [5.41, 5.74) is 5.75. The number of hydrogen-bond donors (Lipinski definition) is 1. The van der Waals surface area contributed by atoms with Crippen LogP contribution in [0.1, 0.15) is 32.9 Å². The van der Waals surface area contributed by atoms with E-state index in [4.69, 9.17) is 5.73 Å². The summed E-state index contributed by atoms with van der Waals surface area (Å²) in [6.45, 7) is 5.77. The van der Waals surface area contributed by atoms with Crippen LogP contribution in [0, 0.1) is 0 Å². The van der Waals surface area contributed by atoms with E-state index in [-0.39, 0.29) is 29.9 Å². The first-order valence-corrected chi connectivity index (χ1v) is 6.28. The summed E-state index contributed by atoms with van der Waals surface area (Å²) in [7, 11) is 1.74. The standard InChI is InChI=1S/C12H19N5O2/c1-7(2)16-10-9(15(4)6-14-10)11(18)17(12(16)19)8(3)5-13/h6-8H,5,13H2,1-4H3. The number of fused-ring (bicyclic) bond motifs is 1. The molecule has 0 aliphatic rings. The summed E-state index contributed by atoms with van der Waals surface area (Å²) in [6.07, 6.45) is 1.54. The molecule has 1 unspecified atom stereocenters. The van der Waals surface area contributed by atoms with Gasteiger partial charge in [0, 0.05) is 19.6 Å². The highest BCUT2D eigenvalue weighted by molar-refractivity contribution is 5.70. The first kappa shape index (κ1) is 13.5. The van der Waals surface area contributed by atoms with Gasteiger partial charge in [0.25, 0.3) is 5.56 Å². The van der Waals surface area contributed by atoms with Crippen LogP contribution in [0.2, 0.25) is 0 Å². The van der Waals surface area contributed by atoms with Gasteiger partial charge in [-0.2, -0.15) is 0 Å². The second-order valence-electron chi connectivity index (χ2n) is 5.03. The topological polar surface area (TPSA) is 87.8 Å². The van der Waals surface area contributed by atoms with Crippen LogP contribution < -0.4 is 17.0 Å². The van der Waals surface area contributed by atoms with Crippen LogP contribution in [-0.2, 0) is 7.05 Å². The predicted octanol–water partition coefficient (Wildman–Crippen LogP) is -0.00270. The predicted molar refractivity (Wildman–Crippen MR) is 73.4 cm³/mol. The maximum absolute atomic E-state index is 12.5. The van der Waals surface area contributed by atoms with Crippen molar-refractivity contribution in [1.29, 1.82) is 0 Å². The number of nitrogens with two attached hydrogens (primary N) is 1. The Balaban J connectivity index is 3.02. The van der Waals surface area contributed by atoms with Gasteiger partial charge < -0.3 is 10.3 Å². The fourth-order valence-electron chi connectivity index (χ4n) is 2.21. The van der Waals surface area contributed by atoms with Gasteiger partial charge >= 0.3 is 5.69 Å². The van der Waals surface area contributed by atoms with Crippen molar-refractivity contribution >= 4 is 11.2 Å². The normalized spacial score (nSPS) is 13.4. The largest absolute Gasteiger partial charge is 0.333 e. The van der Waals surface area contributed by atoms with E-state index in [1.165, 1.54) is 9.13 Å². The summed E-state index contributed by atoms with van der Waals surface area (Å²) >= 11 is 0. The van der Waals surface area contributed by atoms with Crippen molar-refractivity contribution in [2.45, 2.75) is 32.9 Å². The molecule has 7 heteroatoms.